The van der Waals surface area contributed by atoms with Crippen LogP contribution in [0.25, 0.3) is 11.1 Å². The first-order chi connectivity index (χ1) is 8.38. The molecule has 0 bridgehead atoms. The predicted octanol–water partition coefficient (Wildman–Crippen LogP) is 6.38. The molecule has 2 aromatic rings. The minimum atomic E-state index is -1.08. The quantitative estimate of drug-likeness (QED) is 0.534. The number of hydrogen-bond acceptors (Lipinski definition) is 0. The molecule has 2 rings (SSSR count). The summed E-state index contributed by atoms with van der Waals surface area (Å²) in [6, 6.07) is 18.0. The maximum Gasteiger partial charge on any atom is 0.187 e. The highest BCUT2D eigenvalue weighted by molar-refractivity contribution is 6.67. The van der Waals surface area contributed by atoms with Crippen molar-refractivity contribution in [3.05, 3.63) is 59.6 Å². The van der Waals surface area contributed by atoms with Crippen LogP contribution in [-0.4, -0.2) is 3.79 Å². The van der Waals surface area contributed by atoms with E-state index in [1.807, 2.05) is 42.5 Å². The zero-order valence-electron chi connectivity index (χ0n) is 9.71. The molecule has 0 aromatic heterocycles. The van der Waals surface area contributed by atoms with Crippen LogP contribution in [0.1, 0.15) is 6.92 Å². The third-order valence-corrected chi connectivity index (χ3v) is 2.29. The van der Waals surface area contributed by atoms with Crippen LogP contribution in [0.4, 0.5) is 0 Å². The SMILES string of the molecule is CC(Cl)(Cl)Cl.Clc1ccccc1-c1ccccc1. The lowest BCUT2D eigenvalue weighted by atomic mass is 10.1. The molecule has 0 amide bonds. The first kappa shape index (κ1) is 15.7. The van der Waals surface area contributed by atoms with Crippen LogP contribution in [0.5, 0.6) is 0 Å². The van der Waals surface area contributed by atoms with Crippen molar-refractivity contribution in [1.82, 2.24) is 0 Å². The van der Waals surface area contributed by atoms with Crippen LogP contribution in [0, 0.1) is 0 Å². The van der Waals surface area contributed by atoms with Gasteiger partial charge in [0.2, 0.25) is 0 Å². The van der Waals surface area contributed by atoms with Crippen molar-refractivity contribution in [3.63, 3.8) is 0 Å². The Morgan fingerprint density at radius 1 is 0.778 bits per heavy atom. The van der Waals surface area contributed by atoms with Gasteiger partial charge in [0.1, 0.15) is 0 Å². The zero-order chi connectivity index (χ0) is 13.6. The molecule has 0 saturated heterocycles. The Bertz CT molecular complexity index is 469. The van der Waals surface area contributed by atoms with Crippen molar-refractivity contribution in [2.45, 2.75) is 10.7 Å². The van der Waals surface area contributed by atoms with Crippen LogP contribution in [0.2, 0.25) is 5.02 Å². The molecule has 0 N–H and O–H groups in total. The molecule has 4 heteroatoms. The summed E-state index contributed by atoms with van der Waals surface area (Å²) in [6.07, 6.45) is 0. The average molecular weight is 322 g/mol. The van der Waals surface area contributed by atoms with Crippen molar-refractivity contribution >= 4 is 46.4 Å². The standard InChI is InChI=1S/C12H9Cl.C2H3Cl3/c13-12-9-5-4-8-11(12)10-6-2-1-3-7-10;1-2(3,4)5/h1-9H;1H3. The second-order valence-corrected chi connectivity index (χ2v) is 6.88. The van der Waals surface area contributed by atoms with Crippen molar-refractivity contribution < 1.29 is 0 Å². The van der Waals surface area contributed by atoms with Gasteiger partial charge in [-0.2, -0.15) is 0 Å². The summed E-state index contributed by atoms with van der Waals surface area (Å²) in [7, 11) is 0. The second-order valence-electron chi connectivity index (χ2n) is 3.63. The van der Waals surface area contributed by atoms with Gasteiger partial charge in [-0.1, -0.05) is 94.9 Å². The van der Waals surface area contributed by atoms with E-state index in [4.69, 9.17) is 46.4 Å². The van der Waals surface area contributed by atoms with E-state index < -0.39 is 3.79 Å². The molecule has 96 valence electrons. The number of alkyl halides is 3. The highest BCUT2D eigenvalue weighted by Gasteiger charge is 2.07. The zero-order valence-corrected chi connectivity index (χ0v) is 12.7. The van der Waals surface area contributed by atoms with Crippen molar-refractivity contribution in [2.75, 3.05) is 0 Å². The number of hydrogen-bond donors (Lipinski definition) is 0. The molecule has 0 unspecified atom stereocenters. The predicted molar refractivity (Wildman–Crippen MR) is 82.9 cm³/mol. The van der Waals surface area contributed by atoms with Gasteiger partial charge >= 0.3 is 0 Å². The van der Waals surface area contributed by atoms with Crippen molar-refractivity contribution in [2.24, 2.45) is 0 Å². The number of benzene rings is 2. The van der Waals surface area contributed by atoms with Gasteiger partial charge in [0.25, 0.3) is 0 Å². The van der Waals surface area contributed by atoms with Crippen molar-refractivity contribution in [3.8, 4) is 11.1 Å². The Morgan fingerprint density at radius 3 is 1.72 bits per heavy atom. The molecule has 0 spiro atoms. The van der Waals surface area contributed by atoms with Gasteiger partial charge in [-0.25, -0.2) is 0 Å². The van der Waals surface area contributed by atoms with Crippen LogP contribution in [0.15, 0.2) is 54.6 Å². The monoisotopic (exact) mass is 320 g/mol. The van der Waals surface area contributed by atoms with E-state index in [0.29, 0.717) is 0 Å². The molecule has 0 aliphatic carbocycles. The van der Waals surface area contributed by atoms with Crippen LogP contribution < -0.4 is 0 Å². The average Bonchev–Trinajstić information content (AvgIpc) is 2.29. The molecule has 0 saturated carbocycles. The van der Waals surface area contributed by atoms with E-state index in [0.717, 1.165) is 16.1 Å². The Balaban J connectivity index is 0.000000280. The lowest BCUT2D eigenvalue weighted by Crippen LogP contribution is -1.87. The van der Waals surface area contributed by atoms with Gasteiger partial charge in [-0.3, -0.25) is 0 Å². The summed E-state index contributed by atoms with van der Waals surface area (Å²) >= 11 is 21.2. The lowest BCUT2D eigenvalue weighted by molar-refractivity contribution is 1.27. The fourth-order valence-corrected chi connectivity index (χ4v) is 1.56. The maximum atomic E-state index is 6.06. The molecule has 0 radical (unpaired) electrons. The first-order valence-electron chi connectivity index (χ1n) is 5.24. The molecular weight excluding hydrogens is 310 g/mol. The van der Waals surface area contributed by atoms with Gasteiger partial charge in [0.15, 0.2) is 3.79 Å². The van der Waals surface area contributed by atoms with E-state index in [1.165, 1.54) is 6.92 Å². The van der Waals surface area contributed by atoms with Crippen LogP contribution in [-0.2, 0) is 0 Å². The molecule has 0 atom stereocenters. The third-order valence-electron chi connectivity index (χ3n) is 1.96. The smallest absolute Gasteiger partial charge is 0.0840 e. The number of rotatable bonds is 1. The highest BCUT2D eigenvalue weighted by Crippen LogP contribution is 2.26. The summed E-state index contributed by atoms with van der Waals surface area (Å²) in [4.78, 5) is 0. The third kappa shape index (κ3) is 6.51. The van der Waals surface area contributed by atoms with Gasteiger partial charge in [0.05, 0.1) is 0 Å². The maximum absolute atomic E-state index is 6.06. The Hall–Kier alpha value is -0.400. The van der Waals surface area contributed by atoms with E-state index in [2.05, 4.69) is 12.1 Å². The normalized spacial score (nSPS) is 10.5. The summed E-state index contributed by atoms with van der Waals surface area (Å²) in [5, 5.41) is 0.800. The van der Waals surface area contributed by atoms with Crippen LogP contribution >= 0.6 is 46.4 Å². The molecule has 0 heterocycles. The minimum Gasteiger partial charge on any atom is -0.0840 e. The Labute approximate surface area is 127 Å². The van der Waals surface area contributed by atoms with E-state index in [1.54, 1.807) is 0 Å². The minimum absolute atomic E-state index is 0.800. The topological polar surface area (TPSA) is 0 Å². The van der Waals surface area contributed by atoms with Gasteiger partial charge in [-0.05, 0) is 18.6 Å². The van der Waals surface area contributed by atoms with Gasteiger partial charge in [-0.15, -0.1) is 0 Å². The van der Waals surface area contributed by atoms with E-state index in [-0.39, 0.29) is 0 Å². The molecule has 0 aliphatic heterocycles. The van der Waals surface area contributed by atoms with Gasteiger partial charge in [0, 0.05) is 10.6 Å². The Morgan fingerprint density at radius 2 is 1.22 bits per heavy atom. The summed E-state index contributed by atoms with van der Waals surface area (Å²) in [6.45, 7) is 1.48. The molecule has 18 heavy (non-hydrogen) atoms. The van der Waals surface area contributed by atoms with E-state index >= 15 is 0 Å². The fraction of sp³-hybridized carbons (Fsp3) is 0.143. The fourth-order valence-electron chi connectivity index (χ4n) is 1.31. The summed E-state index contributed by atoms with van der Waals surface area (Å²) in [5.41, 5.74) is 2.25. The highest BCUT2D eigenvalue weighted by atomic mass is 35.6. The molecule has 0 aliphatic rings. The second kappa shape index (κ2) is 7.25. The first-order valence-corrected chi connectivity index (χ1v) is 6.76. The molecule has 0 nitrogen and oxygen atoms in total. The van der Waals surface area contributed by atoms with Crippen LogP contribution in [0.3, 0.4) is 0 Å². The largest absolute Gasteiger partial charge is 0.187 e. The summed E-state index contributed by atoms with van der Waals surface area (Å²) < 4.78 is -1.08. The Kier molecular flexibility index (Phi) is 6.31. The van der Waals surface area contributed by atoms with Gasteiger partial charge < -0.3 is 0 Å². The molecular formula is C14H12Cl4. The van der Waals surface area contributed by atoms with E-state index in [9.17, 15) is 0 Å². The molecule has 2 aromatic carbocycles. The molecule has 0 fully saturated rings. The lowest BCUT2D eigenvalue weighted by Gasteiger charge is -2.02. The summed E-state index contributed by atoms with van der Waals surface area (Å²) in [5.74, 6) is 0. The van der Waals surface area contributed by atoms with Crippen molar-refractivity contribution in [1.29, 1.82) is 0 Å². The number of halogens is 4.